The molecule has 3 nitrogen and oxygen atoms in total. The van der Waals surface area contributed by atoms with Gasteiger partial charge >= 0.3 is 0 Å². The molecular weight excluding hydrogens is 278 g/mol. The summed E-state index contributed by atoms with van der Waals surface area (Å²) in [6.45, 7) is 0. The third-order valence-corrected chi connectivity index (χ3v) is 6.11. The normalized spacial score (nSPS) is 23.3. The van der Waals surface area contributed by atoms with Gasteiger partial charge in [0.1, 0.15) is 0 Å². The number of hydrogen-bond acceptors (Lipinski definition) is 3. The van der Waals surface area contributed by atoms with E-state index in [2.05, 4.69) is 28.7 Å². The van der Waals surface area contributed by atoms with Crippen molar-refractivity contribution in [2.24, 2.45) is 11.7 Å². The van der Waals surface area contributed by atoms with Crippen LogP contribution in [0.5, 0.6) is 0 Å². The van der Waals surface area contributed by atoms with Crippen LogP contribution in [0.25, 0.3) is 0 Å². The highest BCUT2D eigenvalue weighted by molar-refractivity contribution is 7.99. The number of nitrogens with two attached hydrogens (primary N) is 1. The maximum Gasteiger partial charge on any atom is 0.0640 e. The van der Waals surface area contributed by atoms with E-state index in [9.17, 15) is 0 Å². The Labute approximate surface area is 133 Å². The Morgan fingerprint density at radius 3 is 2.71 bits per heavy atom. The summed E-state index contributed by atoms with van der Waals surface area (Å²) in [6, 6.07) is 3.11. The monoisotopic (exact) mass is 307 g/mol. The molecule has 2 aliphatic rings. The Kier molecular flexibility index (Phi) is 5.64. The average Bonchev–Trinajstić information content (AvgIpc) is 2.97. The highest BCUT2D eigenvalue weighted by Gasteiger charge is 2.19. The molecule has 21 heavy (non-hydrogen) atoms. The fraction of sp³-hybridized carbons (Fsp3) is 0.824. The van der Waals surface area contributed by atoms with Crippen LogP contribution in [0.2, 0.25) is 0 Å². The molecular formula is C17H29N3S. The first-order chi connectivity index (χ1) is 10.3. The minimum atomic E-state index is 0.285. The van der Waals surface area contributed by atoms with Crippen LogP contribution in [-0.2, 0) is 6.42 Å². The second-order valence-corrected chi connectivity index (χ2v) is 8.06. The quantitative estimate of drug-likeness (QED) is 0.900. The summed E-state index contributed by atoms with van der Waals surface area (Å²) in [5.41, 5.74) is 7.56. The Morgan fingerprint density at radius 1 is 1.19 bits per heavy atom. The van der Waals surface area contributed by atoms with Crippen molar-refractivity contribution in [1.82, 2.24) is 9.78 Å². The van der Waals surface area contributed by atoms with Gasteiger partial charge in [-0.15, -0.1) is 0 Å². The van der Waals surface area contributed by atoms with Gasteiger partial charge in [-0.1, -0.05) is 19.3 Å². The molecule has 1 aliphatic heterocycles. The molecule has 2 heterocycles. The molecule has 1 aromatic heterocycles. The van der Waals surface area contributed by atoms with E-state index < -0.39 is 0 Å². The van der Waals surface area contributed by atoms with Gasteiger partial charge in [0.15, 0.2) is 0 Å². The summed E-state index contributed by atoms with van der Waals surface area (Å²) >= 11 is 2.09. The van der Waals surface area contributed by atoms with Gasteiger partial charge < -0.3 is 5.73 Å². The molecule has 2 fully saturated rings. The molecule has 0 aromatic carbocycles. The predicted molar refractivity (Wildman–Crippen MR) is 90.7 cm³/mol. The number of thioether (sulfide) groups is 1. The summed E-state index contributed by atoms with van der Waals surface area (Å²) < 4.78 is 2.21. The zero-order chi connectivity index (χ0) is 14.5. The van der Waals surface area contributed by atoms with Gasteiger partial charge in [-0.3, -0.25) is 4.68 Å². The SMILES string of the molecule is NC(Cc1ccn(C2CCCCC2)n1)CC1CCSCC1. The van der Waals surface area contributed by atoms with Gasteiger partial charge in [0, 0.05) is 18.7 Å². The fourth-order valence-electron chi connectivity index (χ4n) is 3.80. The van der Waals surface area contributed by atoms with E-state index in [1.807, 2.05) is 0 Å². The lowest BCUT2D eigenvalue weighted by atomic mass is 9.93. The third-order valence-electron chi connectivity index (χ3n) is 5.06. The maximum atomic E-state index is 6.37. The molecule has 0 radical (unpaired) electrons. The minimum absolute atomic E-state index is 0.285. The Hall–Kier alpha value is -0.480. The first-order valence-electron chi connectivity index (χ1n) is 8.68. The molecule has 0 amide bonds. The van der Waals surface area contributed by atoms with Gasteiger partial charge in [-0.05, 0) is 55.6 Å². The van der Waals surface area contributed by atoms with Crippen LogP contribution in [0.3, 0.4) is 0 Å². The van der Waals surface area contributed by atoms with Crippen LogP contribution >= 0.6 is 11.8 Å². The first-order valence-corrected chi connectivity index (χ1v) is 9.84. The van der Waals surface area contributed by atoms with Gasteiger partial charge in [0.05, 0.1) is 11.7 Å². The van der Waals surface area contributed by atoms with Crippen LogP contribution < -0.4 is 5.73 Å². The number of nitrogens with zero attached hydrogens (tertiary/aromatic N) is 2. The molecule has 1 unspecified atom stereocenters. The van der Waals surface area contributed by atoms with Crippen molar-refractivity contribution < 1.29 is 0 Å². The van der Waals surface area contributed by atoms with E-state index in [-0.39, 0.29) is 6.04 Å². The lowest BCUT2D eigenvalue weighted by Crippen LogP contribution is -2.28. The van der Waals surface area contributed by atoms with Gasteiger partial charge in [0.25, 0.3) is 0 Å². The summed E-state index contributed by atoms with van der Waals surface area (Å²) in [5, 5.41) is 4.80. The summed E-state index contributed by atoms with van der Waals surface area (Å²) in [7, 11) is 0. The topological polar surface area (TPSA) is 43.8 Å². The van der Waals surface area contributed by atoms with Crippen LogP contribution in [0, 0.1) is 5.92 Å². The standard InChI is InChI=1S/C17H29N3S/c18-15(12-14-7-10-21-11-8-14)13-16-6-9-20(19-16)17-4-2-1-3-5-17/h6,9,14-15,17H,1-5,7-8,10-13,18H2. The number of rotatable bonds is 5. The van der Waals surface area contributed by atoms with Crippen LogP contribution in [0.15, 0.2) is 12.3 Å². The van der Waals surface area contributed by atoms with E-state index in [0.29, 0.717) is 6.04 Å². The predicted octanol–water partition coefficient (Wildman–Crippen LogP) is 3.79. The van der Waals surface area contributed by atoms with Crippen molar-refractivity contribution in [1.29, 1.82) is 0 Å². The Morgan fingerprint density at radius 2 is 1.95 bits per heavy atom. The smallest absolute Gasteiger partial charge is 0.0640 e. The second-order valence-electron chi connectivity index (χ2n) is 6.83. The highest BCUT2D eigenvalue weighted by Crippen LogP contribution is 2.28. The van der Waals surface area contributed by atoms with E-state index in [1.165, 1.54) is 68.6 Å². The zero-order valence-electron chi connectivity index (χ0n) is 13.0. The van der Waals surface area contributed by atoms with E-state index in [1.54, 1.807) is 0 Å². The lowest BCUT2D eigenvalue weighted by molar-refractivity contribution is 0.327. The molecule has 4 heteroatoms. The van der Waals surface area contributed by atoms with Crippen molar-refractivity contribution in [3.8, 4) is 0 Å². The molecule has 3 rings (SSSR count). The van der Waals surface area contributed by atoms with Crippen molar-refractivity contribution in [3.63, 3.8) is 0 Å². The first kappa shape index (κ1) is 15.4. The average molecular weight is 308 g/mol. The Balaban J connectivity index is 1.49. The van der Waals surface area contributed by atoms with Gasteiger partial charge in [-0.25, -0.2) is 0 Å². The highest BCUT2D eigenvalue weighted by atomic mass is 32.2. The number of hydrogen-bond donors (Lipinski definition) is 1. The van der Waals surface area contributed by atoms with Crippen molar-refractivity contribution in [2.75, 3.05) is 11.5 Å². The maximum absolute atomic E-state index is 6.37. The molecule has 1 saturated heterocycles. The van der Waals surface area contributed by atoms with Crippen LogP contribution in [0.1, 0.15) is 63.1 Å². The third kappa shape index (κ3) is 4.49. The van der Waals surface area contributed by atoms with E-state index >= 15 is 0 Å². The summed E-state index contributed by atoms with van der Waals surface area (Å²) in [6.07, 6.45) is 13.7. The molecule has 2 N–H and O–H groups in total. The van der Waals surface area contributed by atoms with Crippen LogP contribution in [0.4, 0.5) is 0 Å². The molecule has 0 spiro atoms. The largest absolute Gasteiger partial charge is 0.327 e. The summed E-state index contributed by atoms with van der Waals surface area (Å²) in [5.74, 6) is 3.50. The summed E-state index contributed by atoms with van der Waals surface area (Å²) in [4.78, 5) is 0. The molecule has 1 aliphatic carbocycles. The Bertz CT molecular complexity index is 419. The molecule has 0 bridgehead atoms. The minimum Gasteiger partial charge on any atom is -0.327 e. The molecule has 1 atom stereocenters. The van der Waals surface area contributed by atoms with E-state index in [0.717, 1.165) is 12.3 Å². The molecule has 1 aromatic rings. The number of aromatic nitrogens is 2. The van der Waals surface area contributed by atoms with Gasteiger partial charge in [0.2, 0.25) is 0 Å². The van der Waals surface area contributed by atoms with Crippen molar-refractivity contribution in [3.05, 3.63) is 18.0 Å². The zero-order valence-corrected chi connectivity index (χ0v) is 13.9. The molecule has 1 saturated carbocycles. The van der Waals surface area contributed by atoms with Crippen molar-refractivity contribution >= 4 is 11.8 Å². The fourth-order valence-corrected chi connectivity index (χ4v) is 5.00. The van der Waals surface area contributed by atoms with Gasteiger partial charge in [-0.2, -0.15) is 16.9 Å². The van der Waals surface area contributed by atoms with Crippen LogP contribution in [-0.4, -0.2) is 27.3 Å². The molecule has 118 valence electrons. The van der Waals surface area contributed by atoms with E-state index in [4.69, 9.17) is 10.8 Å². The second kappa shape index (κ2) is 7.68. The van der Waals surface area contributed by atoms with Crippen molar-refractivity contribution in [2.45, 2.75) is 69.9 Å². The lowest BCUT2D eigenvalue weighted by Gasteiger charge is -2.24.